The molecule has 1 saturated heterocycles. The van der Waals surface area contributed by atoms with Crippen molar-refractivity contribution < 1.29 is 23.1 Å². The zero-order valence-electron chi connectivity index (χ0n) is 11.4. The predicted molar refractivity (Wildman–Crippen MR) is 68.1 cm³/mol. The molecule has 0 aromatic heterocycles. The molecule has 0 saturated carbocycles. The molecule has 1 heterocycles. The van der Waals surface area contributed by atoms with E-state index < -0.39 is 29.8 Å². The molecule has 0 bridgehead atoms. The van der Waals surface area contributed by atoms with Crippen molar-refractivity contribution in [1.82, 2.24) is 10.2 Å². The van der Waals surface area contributed by atoms with Gasteiger partial charge >= 0.3 is 12.1 Å². The van der Waals surface area contributed by atoms with Crippen LogP contribution in [-0.4, -0.2) is 30.7 Å². The molecular formula is C13H16F2N2O3. The van der Waals surface area contributed by atoms with Crippen LogP contribution in [0.25, 0.3) is 0 Å². The third kappa shape index (κ3) is 3.04. The fraction of sp³-hybridized carbons (Fsp3) is 0.385. The van der Waals surface area contributed by atoms with E-state index in [4.69, 9.17) is 4.74 Å². The van der Waals surface area contributed by atoms with Crippen molar-refractivity contribution in [3.63, 3.8) is 0 Å². The minimum absolute atomic E-state index is 0.0860. The largest absolute Gasteiger partial charge is 0.446 e. The lowest BCUT2D eigenvalue weighted by atomic mass is 10.1. The average molecular weight is 286 g/mol. The van der Waals surface area contributed by atoms with Crippen molar-refractivity contribution in [2.24, 2.45) is 0 Å². The number of ether oxygens (including phenoxy) is 1. The maximum absolute atomic E-state index is 13.1. The van der Waals surface area contributed by atoms with Crippen LogP contribution in [-0.2, 0) is 4.74 Å². The van der Waals surface area contributed by atoms with Crippen molar-refractivity contribution in [2.75, 3.05) is 13.7 Å². The Morgan fingerprint density at radius 2 is 2.00 bits per heavy atom. The highest BCUT2D eigenvalue weighted by molar-refractivity contribution is 5.92. The summed E-state index contributed by atoms with van der Waals surface area (Å²) in [6.07, 6.45) is -0.816. The second-order valence-electron chi connectivity index (χ2n) is 3.69. The van der Waals surface area contributed by atoms with Gasteiger partial charge < -0.3 is 10.1 Å². The van der Waals surface area contributed by atoms with E-state index in [1.54, 1.807) is 0 Å². The van der Waals surface area contributed by atoms with Gasteiger partial charge in [-0.1, -0.05) is 19.9 Å². The van der Waals surface area contributed by atoms with Crippen LogP contribution in [0.4, 0.5) is 18.4 Å². The maximum atomic E-state index is 13.1. The predicted octanol–water partition coefficient (Wildman–Crippen LogP) is 2.82. The van der Waals surface area contributed by atoms with Crippen LogP contribution in [0.3, 0.4) is 0 Å². The molecule has 0 unspecified atom stereocenters. The number of hydrogen-bond donors (Lipinski definition) is 1. The van der Waals surface area contributed by atoms with E-state index in [-0.39, 0.29) is 6.61 Å². The number of benzene rings is 1. The zero-order chi connectivity index (χ0) is 15.3. The average Bonchev–Trinajstić information content (AvgIpc) is 2.85. The smallest absolute Gasteiger partial charge is 0.418 e. The molecule has 0 radical (unpaired) electrons. The topological polar surface area (TPSA) is 58.6 Å². The summed E-state index contributed by atoms with van der Waals surface area (Å²) >= 11 is 0. The van der Waals surface area contributed by atoms with E-state index >= 15 is 0 Å². The van der Waals surface area contributed by atoms with Gasteiger partial charge in [0.25, 0.3) is 0 Å². The second kappa shape index (κ2) is 6.83. The summed E-state index contributed by atoms with van der Waals surface area (Å²) in [5.74, 6) is -2.03. The summed E-state index contributed by atoms with van der Waals surface area (Å²) in [5.41, 5.74) is 0.295. The standard InChI is InChI=1S/C11H10F2N2O3.C2H6/c1-14-10(16)15-9(5-18-11(15)17)6-2-3-7(12)8(13)4-6;1-2/h2-4,9H,5H2,1H3,(H,14,16);1-2H3/t9-;/m1./s1. The Hall–Kier alpha value is -2.18. The Morgan fingerprint density at radius 1 is 1.35 bits per heavy atom. The van der Waals surface area contributed by atoms with E-state index in [0.717, 1.165) is 17.0 Å². The van der Waals surface area contributed by atoms with Crippen LogP contribution in [0.15, 0.2) is 18.2 Å². The van der Waals surface area contributed by atoms with Crippen molar-refractivity contribution in [3.8, 4) is 0 Å². The minimum atomic E-state index is -1.04. The Balaban J connectivity index is 0.000000956. The first-order chi connectivity index (χ1) is 9.54. The molecule has 1 aromatic rings. The summed E-state index contributed by atoms with van der Waals surface area (Å²) in [6, 6.07) is 1.77. The molecule has 0 spiro atoms. The molecule has 7 heteroatoms. The molecule has 1 aromatic carbocycles. The van der Waals surface area contributed by atoms with E-state index in [1.165, 1.54) is 13.1 Å². The van der Waals surface area contributed by atoms with Gasteiger partial charge in [0.1, 0.15) is 12.6 Å². The molecule has 5 nitrogen and oxygen atoms in total. The van der Waals surface area contributed by atoms with E-state index in [9.17, 15) is 18.4 Å². The fourth-order valence-corrected chi connectivity index (χ4v) is 1.73. The molecule has 1 aliphatic heterocycles. The van der Waals surface area contributed by atoms with Crippen molar-refractivity contribution in [1.29, 1.82) is 0 Å². The van der Waals surface area contributed by atoms with Gasteiger partial charge in [-0.25, -0.2) is 23.3 Å². The molecule has 1 atom stereocenters. The zero-order valence-corrected chi connectivity index (χ0v) is 11.4. The quantitative estimate of drug-likeness (QED) is 0.863. The number of imide groups is 1. The van der Waals surface area contributed by atoms with Gasteiger partial charge in [0.05, 0.1) is 0 Å². The number of halogens is 2. The molecule has 1 N–H and O–H groups in total. The second-order valence-corrected chi connectivity index (χ2v) is 3.69. The van der Waals surface area contributed by atoms with Gasteiger partial charge in [0, 0.05) is 7.05 Å². The van der Waals surface area contributed by atoms with Crippen molar-refractivity contribution in [3.05, 3.63) is 35.4 Å². The van der Waals surface area contributed by atoms with Gasteiger partial charge in [-0.3, -0.25) is 0 Å². The van der Waals surface area contributed by atoms with E-state index in [1.807, 2.05) is 13.8 Å². The molecule has 110 valence electrons. The first kappa shape index (κ1) is 15.9. The number of nitrogens with one attached hydrogen (secondary N) is 1. The number of nitrogens with zero attached hydrogens (tertiary/aromatic N) is 1. The van der Waals surface area contributed by atoms with Crippen molar-refractivity contribution in [2.45, 2.75) is 19.9 Å². The van der Waals surface area contributed by atoms with E-state index in [0.29, 0.717) is 5.56 Å². The molecule has 1 aliphatic rings. The maximum Gasteiger partial charge on any atom is 0.418 e. The molecule has 3 amide bonds. The van der Waals surface area contributed by atoms with Gasteiger partial charge in [0.2, 0.25) is 0 Å². The molecular weight excluding hydrogens is 270 g/mol. The highest BCUT2D eigenvalue weighted by Gasteiger charge is 2.38. The lowest BCUT2D eigenvalue weighted by molar-refractivity contribution is 0.158. The third-order valence-electron chi connectivity index (χ3n) is 2.63. The lowest BCUT2D eigenvalue weighted by Gasteiger charge is -2.19. The molecule has 2 rings (SSSR count). The summed E-state index contributed by atoms with van der Waals surface area (Å²) in [7, 11) is 1.36. The Bertz CT molecular complexity index is 508. The minimum Gasteiger partial charge on any atom is -0.446 e. The van der Waals surface area contributed by atoms with Gasteiger partial charge in [0.15, 0.2) is 11.6 Å². The summed E-state index contributed by atoms with van der Waals surface area (Å²) < 4.78 is 30.7. The van der Waals surface area contributed by atoms with Gasteiger partial charge in [-0.05, 0) is 17.7 Å². The van der Waals surface area contributed by atoms with Crippen LogP contribution < -0.4 is 5.32 Å². The number of hydrogen-bond acceptors (Lipinski definition) is 3. The van der Waals surface area contributed by atoms with Gasteiger partial charge in [-0.15, -0.1) is 0 Å². The summed E-state index contributed by atoms with van der Waals surface area (Å²) in [5, 5.41) is 2.28. The van der Waals surface area contributed by atoms with Gasteiger partial charge in [-0.2, -0.15) is 0 Å². The lowest BCUT2D eigenvalue weighted by Crippen LogP contribution is -2.40. The Kier molecular flexibility index (Phi) is 5.42. The number of rotatable bonds is 1. The summed E-state index contributed by atoms with van der Waals surface area (Å²) in [4.78, 5) is 23.7. The first-order valence-electron chi connectivity index (χ1n) is 6.17. The van der Waals surface area contributed by atoms with Crippen molar-refractivity contribution >= 4 is 12.1 Å². The molecule has 0 aliphatic carbocycles. The van der Waals surface area contributed by atoms with Crippen LogP contribution in [0.5, 0.6) is 0 Å². The number of urea groups is 1. The highest BCUT2D eigenvalue weighted by Crippen LogP contribution is 2.28. The fourth-order valence-electron chi connectivity index (χ4n) is 1.73. The number of carbonyl (C=O) groups excluding carboxylic acids is 2. The van der Waals surface area contributed by atoms with E-state index in [2.05, 4.69) is 5.32 Å². The summed E-state index contributed by atoms with van der Waals surface area (Å²) in [6.45, 7) is 3.91. The third-order valence-corrected chi connectivity index (χ3v) is 2.63. The molecule has 1 fully saturated rings. The first-order valence-corrected chi connectivity index (χ1v) is 6.17. The van der Waals surface area contributed by atoms with Crippen LogP contribution in [0.1, 0.15) is 25.5 Å². The van der Waals surface area contributed by atoms with Crippen LogP contribution >= 0.6 is 0 Å². The number of carbonyl (C=O) groups is 2. The highest BCUT2D eigenvalue weighted by atomic mass is 19.2. The number of cyclic esters (lactones) is 1. The number of amides is 3. The Morgan fingerprint density at radius 3 is 2.55 bits per heavy atom. The molecule has 20 heavy (non-hydrogen) atoms. The Labute approximate surface area is 115 Å². The van der Waals surface area contributed by atoms with Crippen LogP contribution in [0, 0.1) is 11.6 Å². The normalized spacial score (nSPS) is 17.1. The monoisotopic (exact) mass is 286 g/mol. The SMILES string of the molecule is CC.CNC(=O)N1C(=O)OC[C@@H]1c1ccc(F)c(F)c1. The van der Waals surface area contributed by atoms with Crippen LogP contribution in [0.2, 0.25) is 0 Å².